The fourth-order valence-electron chi connectivity index (χ4n) is 7.29. The number of furan rings is 2. The smallest absolute Gasteiger partial charge is 0.136 e. The third kappa shape index (κ3) is 4.59. The van der Waals surface area contributed by atoms with Gasteiger partial charge in [0.1, 0.15) is 22.3 Å². The van der Waals surface area contributed by atoms with Crippen molar-refractivity contribution < 1.29 is 8.83 Å². The van der Waals surface area contributed by atoms with Crippen molar-refractivity contribution in [2.24, 2.45) is 0 Å². The van der Waals surface area contributed by atoms with Gasteiger partial charge in [-0.2, -0.15) is 0 Å². The Morgan fingerprint density at radius 1 is 0.306 bits per heavy atom. The van der Waals surface area contributed by atoms with Crippen molar-refractivity contribution in [1.29, 1.82) is 0 Å². The zero-order valence-electron chi connectivity index (χ0n) is 26.5. The molecule has 0 aliphatic rings. The van der Waals surface area contributed by atoms with Crippen molar-refractivity contribution >= 4 is 71.7 Å². The minimum Gasteiger partial charge on any atom is -0.456 e. The summed E-state index contributed by atoms with van der Waals surface area (Å²) in [6.45, 7) is 0. The maximum absolute atomic E-state index is 6.14. The Morgan fingerprint density at radius 3 is 1.71 bits per heavy atom. The van der Waals surface area contributed by atoms with E-state index in [1.54, 1.807) is 0 Å². The molecule has 0 amide bonds. The number of fused-ring (bicyclic) bond motifs is 8. The van der Waals surface area contributed by atoms with E-state index < -0.39 is 0 Å². The minimum absolute atomic E-state index is 0.890. The summed E-state index contributed by atoms with van der Waals surface area (Å²) in [5.41, 5.74) is 11.6. The van der Waals surface area contributed by atoms with E-state index in [1.165, 1.54) is 32.8 Å². The molecule has 8 aromatic carbocycles. The van der Waals surface area contributed by atoms with Crippen LogP contribution in [0, 0.1) is 0 Å². The molecule has 2 heterocycles. The molecule has 0 radical (unpaired) electrons. The van der Waals surface area contributed by atoms with Gasteiger partial charge in [0.15, 0.2) is 0 Å². The first-order valence-corrected chi connectivity index (χ1v) is 16.6. The van der Waals surface area contributed by atoms with E-state index in [0.29, 0.717) is 0 Å². The van der Waals surface area contributed by atoms with Gasteiger partial charge in [-0.15, -0.1) is 0 Å². The number of anilines is 3. The van der Waals surface area contributed by atoms with Gasteiger partial charge in [0, 0.05) is 38.6 Å². The molecule has 0 spiro atoms. The molecule has 10 rings (SSSR count). The summed E-state index contributed by atoms with van der Waals surface area (Å²) in [7, 11) is 0. The Hall–Kier alpha value is -6.58. The van der Waals surface area contributed by atoms with Crippen molar-refractivity contribution in [3.63, 3.8) is 0 Å². The maximum atomic E-state index is 6.14. The van der Waals surface area contributed by atoms with Crippen LogP contribution in [0.1, 0.15) is 0 Å². The van der Waals surface area contributed by atoms with Gasteiger partial charge in [-0.05, 0) is 99.8 Å². The molecule has 0 saturated carbocycles. The highest BCUT2D eigenvalue weighted by atomic mass is 16.3. The van der Waals surface area contributed by atoms with Crippen LogP contribution in [0.25, 0.3) is 76.9 Å². The molecule has 49 heavy (non-hydrogen) atoms. The molecular formula is C46H29NO2. The summed E-state index contributed by atoms with van der Waals surface area (Å²) >= 11 is 0. The molecule has 230 valence electrons. The highest BCUT2D eigenvalue weighted by Gasteiger charge is 2.16. The molecule has 10 aromatic rings. The average molecular weight is 628 g/mol. The van der Waals surface area contributed by atoms with E-state index >= 15 is 0 Å². The summed E-state index contributed by atoms with van der Waals surface area (Å²) in [5.74, 6) is 0. The van der Waals surface area contributed by atoms with Crippen molar-refractivity contribution in [2.75, 3.05) is 4.90 Å². The number of hydrogen-bond donors (Lipinski definition) is 0. The predicted octanol–water partition coefficient (Wildman–Crippen LogP) is 13.4. The third-order valence-electron chi connectivity index (χ3n) is 9.65. The van der Waals surface area contributed by atoms with Crippen LogP contribution in [0.15, 0.2) is 185 Å². The summed E-state index contributed by atoms with van der Waals surface area (Å²) in [6, 6.07) is 62.2. The number of nitrogens with zero attached hydrogens (tertiary/aromatic N) is 1. The molecule has 0 saturated heterocycles. The van der Waals surface area contributed by atoms with Crippen molar-refractivity contribution in [1.82, 2.24) is 0 Å². The van der Waals surface area contributed by atoms with E-state index in [1.807, 2.05) is 24.3 Å². The first kappa shape index (κ1) is 27.5. The number of para-hydroxylation sites is 3. The Kier molecular flexibility index (Phi) is 6.18. The Morgan fingerprint density at radius 2 is 0.898 bits per heavy atom. The fourth-order valence-corrected chi connectivity index (χ4v) is 7.29. The van der Waals surface area contributed by atoms with Gasteiger partial charge in [-0.3, -0.25) is 0 Å². The lowest BCUT2D eigenvalue weighted by Crippen LogP contribution is -2.09. The molecule has 0 aliphatic carbocycles. The Bertz CT molecular complexity index is 2830. The SMILES string of the molecule is c1ccc(N(c2cccc(-c3ccc(-c4ccc5c(ccc6oc7ccccc7c65)c4)cc3)c2)c2ccc3oc4ccccc4c3c2)cc1. The molecule has 0 aliphatic heterocycles. The Balaban J connectivity index is 1.01. The van der Waals surface area contributed by atoms with Crippen LogP contribution in [0.2, 0.25) is 0 Å². The lowest BCUT2D eigenvalue weighted by molar-refractivity contribution is 0.668. The van der Waals surface area contributed by atoms with Crippen LogP contribution in [0.4, 0.5) is 17.1 Å². The van der Waals surface area contributed by atoms with Gasteiger partial charge in [0.2, 0.25) is 0 Å². The number of rotatable bonds is 5. The Labute approximate surface area is 282 Å². The van der Waals surface area contributed by atoms with E-state index in [9.17, 15) is 0 Å². The molecule has 0 bridgehead atoms. The fraction of sp³-hybridized carbons (Fsp3) is 0. The van der Waals surface area contributed by atoms with Gasteiger partial charge < -0.3 is 13.7 Å². The first-order valence-electron chi connectivity index (χ1n) is 16.6. The second-order valence-corrected chi connectivity index (χ2v) is 12.6. The largest absolute Gasteiger partial charge is 0.456 e. The van der Waals surface area contributed by atoms with E-state index in [0.717, 1.165) is 61.1 Å². The minimum atomic E-state index is 0.890. The predicted molar refractivity (Wildman–Crippen MR) is 204 cm³/mol. The van der Waals surface area contributed by atoms with Gasteiger partial charge in [-0.1, -0.05) is 109 Å². The monoisotopic (exact) mass is 627 g/mol. The van der Waals surface area contributed by atoms with E-state index in [4.69, 9.17) is 8.83 Å². The highest BCUT2D eigenvalue weighted by molar-refractivity contribution is 6.19. The average Bonchev–Trinajstić information content (AvgIpc) is 3.74. The van der Waals surface area contributed by atoms with Crippen LogP contribution in [0.3, 0.4) is 0 Å². The van der Waals surface area contributed by atoms with Gasteiger partial charge in [0.25, 0.3) is 0 Å². The lowest BCUT2D eigenvalue weighted by atomic mass is 9.96. The number of hydrogen-bond acceptors (Lipinski definition) is 3. The molecule has 0 unspecified atom stereocenters. The molecule has 2 aromatic heterocycles. The normalized spacial score (nSPS) is 11.7. The second kappa shape index (κ2) is 11.0. The summed E-state index contributed by atoms with van der Waals surface area (Å²) in [4.78, 5) is 2.31. The lowest BCUT2D eigenvalue weighted by Gasteiger charge is -2.26. The van der Waals surface area contributed by atoms with Crippen LogP contribution in [-0.4, -0.2) is 0 Å². The van der Waals surface area contributed by atoms with Crippen molar-refractivity contribution in [3.05, 3.63) is 176 Å². The van der Waals surface area contributed by atoms with Gasteiger partial charge in [-0.25, -0.2) is 0 Å². The van der Waals surface area contributed by atoms with Crippen LogP contribution < -0.4 is 4.90 Å². The second-order valence-electron chi connectivity index (χ2n) is 12.6. The molecule has 3 heteroatoms. The van der Waals surface area contributed by atoms with Crippen molar-refractivity contribution in [2.45, 2.75) is 0 Å². The topological polar surface area (TPSA) is 29.5 Å². The van der Waals surface area contributed by atoms with E-state index in [-0.39, 0.29) is 0 Å². The molecular weight excluding hydrogens is 599 g/mol. The quantitative estimate of drug-likeness (QED) is 0.190. The van der Waals surface area contributed by atoms with Gasteiger partial charge >= 0.3 is 0 Å². The summed E-state index contributed by atoms with van der Waals surface area (Å²) < 4.78 is 12.3. The number of benzene rings is 8. The molecule has 0 fully saturated rings. The van der Waals surface area contributed by atoms with E-state index in [2.05, 4.69) is 157 Å². The molecule has 0 atom stereocenters. The summed E-state index contributed by atoms with van der Waals surface area (Å²) in [6.07, 6.45) is 0. The molecule has 3 nitrogen and oxygen atoms in total. The van der Waals surface area contributed by atoms with Crippen LogP contribution in [0.5, 0.6) is 0 Å². The van der Waals surface area contributed by atoms with Crippen LogP contribution >= 0.6 is 0 Å². The zero-order valence-corrected chi connectivity index (χ0v) is 26.5. The molecule has 0 N–H and O–H groups in total. The standard InChI is InChI=1S/C46H29NO2/c1-2-10-35(11-3-1)47(37-23-26-44-41(29-37)39-13-4-6-15-42(39)48-44)36-12-8-9-32(28-36)30-17-19-31(20-18-30)33-21-24-38-34(27-33)22-25-45-46(38)40-14-5-7-16-43(40)49-45/h1-29H. The zero-order chi connectivity index (χ0) is 32.3. The van der Waals surface area contributed by atoms with Crippen molar-refractivity contribution in [3.8, 4) is 22.3 Å². The van der Waals surface area contributed by atoms with Crippen LogP contribution in [-0.2, 0) is 0 Å². The summed E-state index contributed by atoms with van der Waals surface area (Å²) in [5, 5.41) is 6.98. The maximum Gasteiger partial charge on any atom is 0.136 e. The van der Waals surface area contributed by atoms with Gasteiger partial charge in [0.05, 0.1) is 0 Å². The highest BCUT2D eigenvalue weighted by Crippen LogP contribution is 2.40. The first-order chi connectivity index (χ1) is 24.3. The third-order valence-corrected chi connectivity index (χ3v) is 9.65.